The summed E-state index contributed by atoms with van der Waals surface area (Å²) in [4.78, 5) is 50.6. The van der Waals surface area contributed by atoms with Crippen LogP contribution in [-0.2, 0) is 32.5 Å². The molecule has 3 heterocycles. The van der Waals surface area contributed by atoms with Gasteiger partial charge in [0.05, 0.1) is 5.56 Å². The number of fused-ring (bicyclic) bond motifs is 2. The summed E-state index contributed by atoms with van der Waals surface area (Å²) in [5.74, 6) is 0.511. The molecule has 2 aliphatic heterocycles. The SMILES string of the molecule is CCCCN(CCCC)C(=O)c1cc(-c2cc3c(cc2C(=O)N2Cc4ccccc4C[C@H]2C)CN(C(=O)Oc2ccccc2)CC3)n(CCN(C)C)c1C. The van der Waals surface area contributed by atoms with Gasteiger partial charge in [0.25, 0.3) is 11.8 Å². The number of likely N-dealkylation sites (N-methyl/N-ethyl adjacent to an activating group) is 1. The Balaban J connectivity index is 1.45. The van der Waals surface area contributed by atoms with Crippen molar-refractivity contribution >= 4 is 17.9 Å². The highest BCUT2D eigenvalue weighted by Gasteiger charge is 2.33. The Morgan fingerprint density at radius 1 is 0.796 bits per heavy atom. The van der Waals surface area contributed by atoms with Crippen LogP contribution in [0.2, 0.25) is 0 Å². The number of aromatic nitrogens is 1. The predicted molar refractivity (Wildman–Crippen MR) is 215 cm³/mol. The molecule has 0 fully saturated rings. The molecular formula is C45H57N5O4. The molecule has 0 unspecified atom stereocenters. The molecule has 2 aliphatic rings. The lowest BCUT2D eigenvalue weighted by molar-refractivity contribution is 0.0658. The Bertz CT molecular complexity index is 1940. The van der Waals surface area contributed by atoms with E-state index in [1.807, 2.05) is 53.1 Å². The second kappa shape index (κ2) is 17.5. The monoisotopic (exact) mass is 731 g/mol. The van der Waals surface area contributed by atoms with Gasteiger partial charge >= 0.3 is 6.09 Å². The molecule has 3 amide bonds. The molecule has 0 aliphatic carbocycles. The Hall–Kier alpha value is -4.89. The molecule has 0 saturated carbocycles. The third-order valence-corrected chi connectivity index (χ3v) is 11.1. The number of hydrogen-bond acceptors (Lipinski definition) is 5. The second-order valence-corrected chi connectivity index (χ2v) is 15.3. The molecule has 0 spiro atoms. The van der Waals surface area contributed by atoms with E-state index >= 15 is 4.79 Å². The minimum absolute atomic E-state index is 0.00118. The van der Waals surface area contributed by atoms with Crippen molar-refractivity contribution in [1.29, 1.82) is 0 Å². The summed E-state index contributed by atoms with van der Waals surface area (Å²) in [6.45, 7) is 12.8. The van der Waals surface area contributed by atoms with Crippen LogP contribution in [0.5, 0.6) is 5.75 Å². The van der Waals surface area contributed by atoms with Crippen LogP contribution >= 0.6 is 0 Å². The molecule has 4 aromatic rings. The fraction of sp³-hybridized carbons (Fsp3) is 0.444. The summed E-state index contributed by atoms with van der Waals surface area (Å²) in [5.41, 5.74) is 8.40. The van der Waals surface area contributed by atoms with Gasteiger partial charge in [-0.1, -0.05) is 69.2 Å². The van der Waals surface area contributed by atoms with E-state index in [9.17, 15) is 9.59 Å². The number of carbonyl (C=O) groups excluding carboxylic acids is 3. The van der Waals surface area contributed by atoms with Crippen molar-refractivity contribution in [2.75, 3.05) is 40.3 Å². The van der Waals surface area contributed by atoms with E-state index in [0.29, 0.717) is 49.5 Å². The highest BCUT2D eigenvalue weighted by Crippen LogP contribution is 2.36. The molecule has 6 rings (SSSR count). The van der Waals surface area contributed by atoms with Gasteiger partial charge in [0.2, 0.25) is 0 Å². The molecule has 3 aromatic carbocycles. The first-order valence-corrected chi connectivity index (χ1v) is 19.8. The Morgan fingerprint density at radius 3 is 2.17 bits per heavy atom. The van der Waals surface area contributed by atoms with E-state index in [1.165, 1.54) is 5.56 Å². The molecule has 0 saturated heterocycles. The van der Waals surface area contributed by atoms with Gasteiger partial charge in [-0.2, -0.15) is 0 Å². The third-order valence-electron chi connectivity index (χ3n) is 11.1. The lowest BCUT2D eigenvalue weighted by Crippen LogP contribution is -2.43. The Kier molecular flexibility index (Phi) is 12.6. The number of para-hydroxylation sites is 1. The van der Waals surface area contributed by atoms with Crippen molar-refractivity contribution in [3.05, 3.63) is 112 Å². The summed E-state index contributed by atoms with van der Waals surface area (Å²) in [6, 6.07) is 23.7. The predicted octanol–water partition coefficient (Wildman–Crippen LogP) is 8.21. The van der Waals surface area contributed by atoms with Crippen LogP contribution in [0.15, 0.2) is 72.8 Å². The molecule has 286 valence electrons. The third kappa shape index (κ3) is 8.57. The number of carbonyl (C=O) groups is 3. The maximum atomic E-state index is 15.0. The first-order chi connectivity index (χ1) is 26.1. The normalized spacial score (nSPS) is 15.2. The van der Waals surface area contributed by atoms with Gasteiger partial charge in [0.1, 0.15) is 5.75 Å². The lowest BCUT2D eigenvalue weighted by atomic mass is 9.90. The minimum atomic E-state index is -0.405. The highest BCUT2D eigenvalue weighted by atomic mass is 16.6. The summed E-state index contributed by atoms with van der Waals surface area (Å²) in [6.07, 6.45) is 4.95. The van der Waals surface area contributed by atoms with E-state index in [1.54, 1.807) is 17.0 Å². The number of unbranched alkanes of at least 4 members (excludes halogenated alkanes) is 2. The van der Waals surface area contributed by atoms with Gasteiger partial charge in [-0.05, 0) is 106 Å². The molecule has 54 heavy (non-hydrogen) atoms. The van der Waals surface area contributed by atoms with Crippen molar-refractivity contribution in [3.8, 4) is 17.0 Å². The Labute approximate surface area is 321 Å². The largest absolute Gasteiger partial charge is 0.415 e. The zero-order valence-corrected chi connectivity index (χ0v) is 33.1. The van der Waals surface area contributed by atoms with Gasteiger partial charge in [-0.3, -0.25) is 9.59 Å². The molecule has 1 aromatic heterocycles. The molecular weight excluding hydrogens is 675 g/mol. The average molecular weight is 732 g/mol. The number of amides is 3. The summed E-state index contributed by atoms with van der Waals surface area (Å²) < 4.78 is 7.96. The number of ether oxygens (including phenoxy) is 1. The zero-order chi connectivity index (χ0) is 38.4. The smallest absolute Gasteiger partial charge is 0.410 e. The quantitative estimate of drug-likeness (QED) is 0.139. The summed E-state index contributed by atoms with van der Waals surface area (Å²) in [7, 11) is 4.11. The zero-order valence-electron chi connectivity index (χ0n) is 33.1. The van der Waals surface area contributed by atoms with Crippen LogP contribution in [0, 0.1) is 6.92 Å². The van der Waals surface area contributed by atoms with Crippen LogP contribution in [0.1, 0.15) is 95.1 Å². The van der Waals surface area contributed by atoms with Crippen LogP contribution in [0.25, 0.3) is 11.3 Å². The van der Waals surface area contributed by atoms with E-state index in [0.717, 1.165) is 85.4 Å². The van der Waals surface area contributed by atoms with Crippen molar-refractivity contribution in [3.63, 3.8) is 0 Å². The van der Waals surface area contributed by atoms with E-state index < -0.39 is 6.09 Å². The maximum absolute atomic E-state index is 15.0. The van der Waals surface area contributed by atoms with Crippen LogP contribution < -0.4 is 4.74 Å². The molecule has 1 atom stereocenters. The van der Waals surface area contributed by atoms with Crippen LogP contribution in [0.3, 0.4) is 0 Å². The number of benzene rings is 3. The first-order valence-electron chi connectivity index (χ1n) is 19.8. The number of nitrogens with zero attached hydrogens (tertiary/aromatic N) is 5. The highest BCUT2D eigenvalue weighted by molar-refractivity contribution is 6.03. The standard InChI is InChI=1S/C45H57N5O4/c1-7-9-21-47(22-10-8-2)43(51)39-29-42(49(33(39)4)25-24-46(5)6)40-27-35-20-23-48(45(53)54-38-18-12-11-13-19-38)30-37(35)28-41(40)44(52)50-31-36-17-15-14-16-34(36)26-32(50)3/h11-19,27-29,32H,7-10,20-26,30-31H2,1-6H3/t32-/m1/s1. The van der Waals surface area contributed by atoms with Crippen molar-refractivity contribution in [2.45, 2.75) is 91.9 Å². The van der Waals surface area contributed by atoms with Crippen LogP contribution in [0.4, 0.5) is 4.79 Å². The van der Waals surface area contributed by atoms with E-state index in [-0.39, 0.29) is 17.9 Å². The molecule has 0 radical (unpaired) electrons. The molecule has 9 nitrogen and oxygen atoms in total. The van der Waals surface area contributed by atoms with Gasteiger partial charge in [-0.25, -0.2) is 4.79 Å². The average Bonchev–Trinajstić information content (AvgIpc) is 3.51. The number of hydrogen-bond donors (Lipinski definition) is 0. The summed E-state index contributed by atoms with van der Waals surface area (Å²) >= 11 is 0. The molecule has 9 heteroatoms. The van der Waals surface area contributed by atoms with E-state index in [4.69, 9.17) is 4.74 Å². The van der Waals surface area contributed by atoms with Gasteiger partial charge in [0.15, 0.2) is 0 Å². The fourth-order valence-corrected chi connectivity index (χ4v) is 7.77. The van der Waals surface area contributed by atoms with E-state index in [2.05, 4.69) is 68.6 Å². The summed E-state index contributed by atoms with van der Waals surface area (Å²) in [5, 5.41) is 0. The van der Waals surface area contributed by atoms with Crippen LogP contribution in [-0.4, -0.2) is 88.4 Å². The molecule has 0 N–H and O–H groups in total. The van der Waals surface area contributed by atoms with Crippen molar-refractivity contribution in [2.24, 2.45) is 0 Å². The lowest BCUT2D eigenvalue weighted by Gasteiger charge is -2.36. The molecule has 0 bridgehead atoms. The number of rotatable bonds is 13. The Morgan fingerprint density at radius 2 is 1.48 bits per heavy atom. The maximum Gasteiger partial charge on any atom is 0.415 e. The van der Waals surface area contributed by atoms with Crippen molar-refractivity contribution in [1.82, 2.24) is 24.2 Å². The van der Waals surface area contributed by atoms with Crippen molar-refractivity contribution < 1.29 is 19.1 Å². The first kappa shape index (κ1) is 38.8. The van der Waals surface area contributed by atoms with Gasteiger partial charge in [0, 0.05) is 74.4 Å². The van der Waals surface area contributed by atoms with Gasteiger partial charge < -0.3 is 28.9 Å². The van der Waals surface area contributed by atoms with Gasteiger partial charge in [-0.15, -0.1) is 0 Å². The second-order valence-electron chi connectivity index (χ2n) is 15.3. The fourth-order valence-electron chi connectivity index (χ4n) is 7.77. The minimum Gasteiger partial charge on any atom is -0.410 e. The topological polar surface area (TPSA) is 78.3 Å².